The monoisotopic (exact) mass is 222 g/mol. The van der Waals surface area contributed by atoms with Crippen LogP contribution in [0.5, 0.6) is 0 Å². The molecule has 0 radical (unpaired) electrons. The van der Waals surface area contributed by atoms with Crippen molar-refractivity contribution in [3.8, 4) is 0 Å². The quantitative estimate of drug-likeness (QED) is 0.669. The van der Waals surface area contributed by atoms with Crippen molar-refractivity contribution in [3.05, 3.63) is 11.6 Å². The Kier molecular flexibility index (Phi) is 2.73. The van der Waals surface area contributed by atoms with Gasteiger partial charge in [0.25, 0.3) is 0 Å². The molecule has 0 bridgehead atoms. The molecule has 0 heterocycles. The highest BCUT2D eigenvalue weighted by Crippen LogP contribution is 2.53. The van der Waals surface area contributed by atoms with Crippen molar-refractivity contribution in [2.24, 2.45) is 23.2 Å². The van der Waals surface area contributed by atoms with Crippen molar-refractivity contribution in [3.63, 3.8) is 0 Å². The predicted molar refractivity (Wildman–Crippen MR) is 68.2 cm³/mol. The van der Waals surface area contributed by atoms with E-state index in [1.54, 1.807) is 0 Å². The zero-order valence-corrected chi connectivity index (χ0v) is 11.4. The summed E-state index contributed by atoms with van der Waals surface area (Å²) in [6.07, 6.45) is 6.25. The number of hydrogen-bond acceptors (Lipinski definition) is 1. The normalized spacial score (nSPS) is 38.1. The molecule has 0 amide bonds. The largest absolute Gasteiger partial charge is 0.386 e. The predicted octanol–water partition coefficient (Wildman–Crippen LogP) is 3.78. The third kappa shape index (κ3) is 2.07. The van der Waals surface area contributed by atoms with Gasteiger partial charge in [0, 0.05) is 0 Å². The summed E-state index contributed by atoms with van der Waals surface area (Å²) in [5.41, 5.74) is 0.929. The Bertz CT molecular complexity index is 306. The van der Waals surface area contributed by atoms with Crippen molar-refractivity contribution in [2.75, 3.05) is 0 Å². The highest BCUT2D eigenvalue weighted by Gasteiger charge is 2.45. The Labute approximate surface area is 99.9 Å². The van der Waals surface area contributed by atoms with Crippen LogP contribution < -0.4 is 0 Å². The van der Waals surface area contributed by atoms with Crippen LogP contribution in [0.1, 0.15) is 53.9 Å². The second kappa shape index (κ2) is 3.60. The third-order valence-electron chi connectivity index (χ3n) is 4.59. The minimum absolute atomic E-state index is 0.259. The molecule has 0 aromatic rings. The summed E-state index contributed by atoms with van der Waals surface area (Å²) in [6.45, 7) is 10.9. The molecule has 16 heavy (non-hydrogen) atoms. The smallest absolute Gasteiger partial charge is 0.0803 e. The summed E-state index contributed by atoms with van der Waals surface area (Å²) in [6, 6.07) is 0. The van der Waals surface area contributed by atoms with Crippen LogP contribution in [0.2, 0.25) is 0 Å². The van der Waals surface area contributed by atoms with Gasteiger partial charge in [0.2, 0.25) is 0 Å². The van der Waals surface area contributed by atoms with Crippen LogP contribution in [-0.4, -0.2) is 10.7 Å². The van der Waals surface area contributed by atoms with E-state index in [4.69, 9.17) is 0 Å². The van der Waals surface area contributed by atoms with Gasteiger partial charge >= 0.3 is 0 Å². The van der Waals surface area contributed by atoms with Gasteiger partial charge in [-0.05, 0) is 61.9 Å². The fourth-order valence-corrected chi connectivity index (χ4v) is 3.82. The second-order valence-corrected chi connectivity index (χ2v) is 7.18. The molecule has 0 saturated heterocycles. The van der Waals surface area contributed by atoms with E-state index < -0.39 is 5.60 Å². The fraction of sp³-hybridized carbons (Fsp3) is 0.867. The van der Waals surface area contributed by atoms with E-state index in [2.05, 4.69) is 26.8 Å². The summed E-state index contributed by atoms with van der Waals surface area (Å²) in [4.78, 5) is 0. The SMILES string of the molecule is C[C@H]1CC[C@H]2C(C(C)(C)O)=CC(C)(C)C[C@H]12. The van der Waals surface area contributed by atoms with Crippen LogP contribution in [0.15, 0.2) is 11.6 Å². The highest BCUT2D eigenvalue weighted by molar-refractivity contribution is 5.26. The third-order valence-corrected chi connectivity index (χ3v) is 4.59. The van der Waals surface area contributed by atoms with Crippen LogP contribution in [0, 0.1) is 23.2 Å². The maximum absolute atomic E-state index is 10.3. The maximum atomic E-state index is 10.3. The molecule has 1 fully saturated rings. The van der Waals surface area contributed by atoms with E-state index in [0.717, 1.165) is 11.8 Å². The molecule has 2 aliphatic carbocycles. The van der Waals surface area contributed by atoms with Gasteiger partial charge < -0.3 is 5.11 Å². The molecule has 2 rings (SSSR count). The van der Waals surface area contributed by atoms with Crippen molar-refractivity contribution >= 4 is 0 Å². The molecule has 0 aromatic carbocycles. The summed E-state index contributed by atoms with van der Waals surface area (Å²) in [7, 11) is 0. The fourth-order valence-electron chi connectivity index (χ4n) is 3.82. The molecule has 1 N–H and O–H groups in total. The van der Waals surface area contributed by atoms with Gasteiger partial charge in [0.15, 0.2) is 0 Å². The van der Waals surface area contributed by atoms with Crippen LogP contribution in [0.4, 0.5) is 0 Å². The first kappa shape index (κ1) is 12.2. The molecule has 1 heteroatoms. The first-order chi connectivity index (χ1) is 7.21. The summed E-state index contributed by atoms with van der Waals surface area (Å²) >= 11 is 0. The molecular formula is C15H26O. The van der Waals surface area contributed by atoms with E-state index in [1.807, 2.05) is 13.8 Å². The van der Waals surface area contributed by atoms with Crippen LogP contribution >= 0.6 is 0 Å². The van der Waals surface area contributed by atoms with Crippen LogP contribution in [0.3, 0.4) is 0 Å². The zero-order valence-electron chi connectivity index (χ0n) is 11.4. The van der Waals surface area contributed by atoms with Crippen molar-refractivity contribution in [1.29, 1.82) is 0 Å². The van der Waals surface area contributed by atoms with Gasteiger partial charge in [-0.25, -0.2) is 0 Å². The lowest BCUT2D eigenvalue weighted by Gasteiger charge is -2.42. The minimum Gasteiger partial charge on any atom is -0.386 e. The topological polar surface area (TPSA) is 20.2 Å². The number of allylic oxidation sites excluding steroid dienone is 1. The zero-order chi connectivity index (χ0) is 12.1. The van der Waals surface area contributed by atoms with Gasteiger partial charge in [-0.15, -0.1) is 0 Å². The molecule has 0 unspecified atom stereocenters. The maximum Gasteiger partial charge on any atom is 0.0803 e. The van der Waals surface area contributed by atoms with E-state index >= 15 is 0 Å². The minimum atomic E-state index is -0.634. The Balaban J connectivity index is 2.38. The van der Waals surface area contributed by atoms with E-state index in [9.17, 15) is 5.11 Å². The number of rotatable bonds is 1. The summed E-state index contributed by atoms with van der Waals surface area (Å²) in [5, 5.41) is 10.3. The number of fused-ring (bicyclic) bond motifs is 1. The lowest BCUT2D eigenvalue weighted by Crippen LogP contribution is -2.36. The standard InChI is InChI=1S/C15H26O/c1-10-6-7-11-12(10)8-14(2,3)9-13(11)15(4,5)16/h9-12,16H,6-8H2,1-5H3/t10-,11+,12+/m0/s1. The molecule has 0 spiro atoms. The van der Waals surface area contributed by atoms with Gasteiger partial charge in [-0.3, -0.25) is 0 Å². The first-order valence-corrected chi connectivity index (χ1v) is 6.66. The van der Waals surface area contributed by atoms with Crippen molar-refractivity contribution in [2.45, 2.75) is 59.5 Å². The molecule has 1 nitrogen and oxygen atoms in total. The molecule has 92 valence electrons. The molecule has 3 atom stereocenters. The van der Waals surface area contributed by atoms with E-state index in [0.29, 0.717) is 5.92 Å². The van der Waals surface area contributed by atoms with Gasteiger partial charge in [-0.2, -0.15) is 0 Å². The Morgan fingerprint density at radius 2 is 1.94 bits per heavy atom. The average Bonchev–Trinajstić information content (AvgIpc) is 2.44. The highest BCUT2D eigenvalue weighted by atomic mass is 16.3. The van der Waals surface area contributed by atoms with Crippen LogP contribution in [-0.2, 0) is 0 Å². The summed E-state index contributed by atoms with van der Waals surface area (Å²) in [5.74, 6) is 2.26. The van der Waals surface area contributed by atoms with Crippen molar-refractivity contribution < 1.29 is 5.11 Å². The van der Waals surface area contributed by atoms with Gasteiger partial charge in [-0.1, -0.05) is 26.8 Å². The van der Waals surface area contributed by atoms with E-state index in [-0.39, 0.29) is 5.41 Å². The molecule has 0 aromatic heterocycles. The lowest BCUT2D eigenvalue weighted by molar-refractivity contribution is 0.0863. The Morgan fingerprint density at radius 1 is 1.31 bits per heavy atom. The molecular weight excluding hydrogens is 196 g/mol. The first-order valence-electron chi connectivity index (χ1n) is 6.66. The Morgan fingerprint density at radius 3 is 2.50 bits per heavy atom. The lowest BCUT2D eigenvalue weighted by atomic mass is 9.65. The van der Waals surface area contributed by atoms with E-state index in [1.165, 1.54) is 24.8 Å². The number of hydrogen-bond donors (Lipinski definition) is 1. The average molecular weight is 222 g/mol. The Hall–Kier alpha value is -0.300. The van der Waals surface area contributed by atoms with Gasteiger partial charge in [0.05, 0.1) is 5.60 Å². The van der Waals surface area contributed by atoms with Crippen LogP contribution in [0.25, 0.3) is 0 Å². The second-order valence-electron chi connectivity index (χ2n) is 7.18. The molecule has 2 aliphatic rings. The molecule has 1 saturated carbocycles. The van der Waals surface area contributed by atoms with Crippen molar-refractivity contribution in [1.82, 2.24) is 0 Å². The van der Waals surface area contributed by atoms with Gasteiger partial charge in [0.1, 0.15) is 0 Å². The molecule has 0 aliphatic heterocycles. The summed E-state index contributed by atoms with van der Waals surface area (Å²) < 4.78 is 0. The number of aliphatic hydroxyl groups is 1.